The Balaban J connectivity index is 1.59. The fraction of sp³-hybridized carbons (Fsp3) is 0.400. The van der Waals surface area contributed by atoms with Crippen LogP contribution in [0.2, 0.25) is 0 Å². The number of pyridine rings is 1. The molecule has 0 spiro atoms. The molecule has 25 heavy (non-hydrogen) atoms. The van der Waals surface area contributed by atoms with E-state index in [0.29, 0.717) is 18.0 Å². The van der Waals surface area contributed by atoms with Crippen LogP contribution >= 0.6 is 0 Å². The van der Waals surface area contributed by atoms with Crippen LogP contribution in [0.25, 0.3) is 0 Å². The van der Waals surface area contributed by atoms with Crippen molar-refractivity contribution in [1.29, 1.82) is 0 Å². The third kappa shape index (κ3) is 4.57. The van der Waals surface area contributed by atoms with Gasteiger partial charge in [0, 0.05) is 32.4 Å². The molecule has 3 rings (SSSR count). The molecule has 1 aromatic carbocycles. The SMILES string of the molecule is CCN(C)C(=O)c1ccc(Oc2ccc(CN3CCCC3)cc2)nc1. The minimum Gasteiger partial charge on any atom is -0.439 e. The van der Waals surface area contributed by atoms with Gasteiger partial charge in [0.15, 0.2) is 0 Å². The molecule has 2 aromatic rings. The highest BCUT2D eigenvalue weighted by Gasteiger charge is 2.12. The molecule has 0 aliphatic carbocycles. The van der Waals surface area contributed by atoms with E-state index in [9.17, 15) is 4.79 Å². The van der Waals surface area contributed by atoms with E-state index in [1.165, 1.54) is 31.5 Å². The Morgan fingerprint density at radius 2 is 1.88 bits per heavy atom. The number of nitrogens with zero attached hydrogens (tertiary/aromatic N) is 3. The predicted octanol–water partition coefficient (Wildman–Crippen LogP) is 3.56. The summed E-state index contributed by atoms with van der Waals surface area (Å²) in [7, 11) is 1.77. The molecular formula is C20H25N3O2. The first-order chi connectivity index (χ1) is 12.2. The molecule has 5 nitrogen and oxygen atoms in total. The fourth-order valence-corrected chi connectivity index (χ4v) is 2.91. The monoisotopic (exact) mass is 339 g/mol. The lowest BCUT2D eigenvalue weighted by atomic mass is 10.2. The summed E-state index contributed by atoms with van der Waals surface area (Å²) in [6.45, 7) is 6.00. The van der Waals surface area contributed by atoms with Crippen LogP contribution in [0.15, 0.2) is 42.6 Å². The Morgan fingerprint density at radius 3 is 2.48 bits per heavy atom. The molecule has 0 bridgehead atoms. The first kappa shape index (κ1) is 17.4. The average Bonchev–Trinajstić information content (AvgIpc) is 3.16. The number of rotatable bonds is 6. The molecule has 132 valence electrons. The van der Waals surface area contributed by atoms with Gasteiger partial charge < -0.3 is 9.64 Å². The molecule has 5 heteroatoms. The van der Waals surface area contributed by atoms with E-state index < -0.39 is 0 Å². The highest BCUT2D eigenvalue weighted by Crippen LogP contribution is 2.21. The highest BCUT2D eigenvalue weighted by atomic mass is 16.5. The topological polar surface area (TPSA) is 45.7 Å². The average molecular weight is 339 g/mol. The molecule has 1 aromatic heterocycles. The molecule has 0 saturated carbocycles. The number of hydrogen-bond donors (Lipinski definition) is 0. The van der Waals surface area contributed by atoms with Crippen molar-refractivity contribution in [1.82, 2.24) is 14.8 Å². The third-order valence-electron chi connectivity index (χ3n) is 4.55. The number of ether oxygens (including phenoxy) is 1. The third-order valence-corrected chi connectivity index (χ3v) is 4.55. The summed E-state index contributed by atoms with van der Waals surface area (Å²) in [5.74, 6) is 1.21. The summed E-state index contributed by atoms with van der Waals surface area (Å²) in [5.41, 5.74) is 1.86. The molecule has 2 heterocycles. The molecule has 1 aliphatic rings. The van der Waals surface area contributed by atoms with Crippen molar-refractivity contribution in [3.8, 4) is 11.6 Å². The van der Waals surface area contributed by atoms with Crippen molar-refractivity contribution in [3.63, 3.8) is 0 Å². The summed E-state index contributed by atoms with van der Waals surface area (Å²) in [6.07, 6.45) is 4.17. The zero-order valence-corrected chi connectivity index (χ0v) is 14.9. The number of hydrogen-bond acceptors (Lipinski definition) is 4. The summed E-state index contributed by atoms with van der Waals surface area (Å²) in [4.78, 5) is 20.4. The first-order valence-electron chi connectivity index (χ1n) is 8.86. The lowest BCUT2D eigenvalue weighted by molar-refractivity contribution is 0.0802. The van der Waals surface area contributed by atoms with Gasteiger partial charge in [0.25, 0.3) is 5.91 Å². The normalized spacial score (nSPS) is 14.5. The Morgan fingerprint density at radius 1 is 1.16 bits per heavy atom. The van der Waals surface area contributed by atoms with Gasteiger partial charge in [0.05, 0.1) is 5.56 Å². The molecular weight excluding hydrogens is 314 g/mol. The first-order valence-corrected chi connectivity index (χ1v) is 8.86. The van der Waals surface area contributed by atoms with Gasteiger partial charge in [-0.2, -0.15) is 0 Å². The summed E-state index contributed by atoms with van der Waals surface area (Å²) < 4.78 is 5.78. The van der Waals surface area contributed by atoms with Crippen LogP contribution in [0.5, 0.6) is 11.6 Å². The fourth-order valence-electron chi connectivity index (χ4n) is 2.91. The van der Waals surface area contributed by atoms with Crippen LogP contribution in [-0.4, -0.2) is 47.4 Å². The van der Waals surface area contributed by atoms with Crippen molar-refractivity contribution >= 4 is 5.91 Å². The largest absolute Gasteiger partial charge is 0.439 e. The maximum atomic E-state index is 12.1. The standard InChI is InChI=1S/C20H25N3O2/c1-3-22(2)20(24)17-8-11-19(21-14-17)25-18-9-6-16(7-10-18)15-23-12-4-5-13-23/h6-11,14H,3-5,12-13,15H2,1-2H3. The van der Waals surface area contributed by atoms with Crippen molar-refractivity contribution in [2.24, 2.45) is 0 Å². The summed E-state index contributed by atoms with van der Waals surface area (Å²) in [5, 5.41) is 0. The van der Waals surface area contributed by atoms with E-state index in [4.69, 9.17) is 4.74 Å². The van der Waals surface area contributed by atoms with Crippen LogP contribution in [0.4, 0.5) is 0 Å². The quantitative estimate of drug-likeness (QED) is 0.807. The molecule has 1 fully saturated rings. The summed E-state index contributed by atoms with van der Waals surface area (Å²) in [6, 6.07) is 11.6. The van der Waals surface area contributed by atoms with Crippen LogP contribution in [0, 0.1) is 0 Å². The van der Waals surface area contributed by atoms with Crippen molar-refractivity contribution in [2.75, 3.05) is 26.7 Å². The predicted molar refractivity (Wildman–Crippen MR) is 97.9 cm³/mol. The van der Waals surface area contributed by atoms with Gasteiger partial charge in [-0.15, -0.1) is 0 Å². The van der Waals surface area contributed by atoms with E-state index in [0.717, 1.165) is 12.3 Å². The second kappa shape index (κ2) is 8.12. The van der Waals surface area contributed by atoms with Crippen LogP contribution < -0.4 is 4.74 Å². The molecule has 0 radical (unpaired) electrons. The minimum atomic E-state index is -0.0344. The van der Waals surface area contributed by atoms with E-state index in [-0.39, 0.29) is 5.91 Å². The van der Waals surface area contributed by atoms with E-state index in [1.807, 2.05) is 19.1 Å². The molecule has 0 atom stereocenters. The molecule has 1 amide bonds. The number of amides is 1. The zero-order chi connectivity index (χ0) is 17.6. The van der Waals surface area contributed by atoms with Crippen molar-refractivity contribution < 1.29 is 9.53 Å². The Hall–Kier alpha value is -2.40. The van der Waals surface area contributed by atoms with Crippen LogP contribution in [0.1, 0.15) is 35.7 Å². The lowest BCUT2D eigenvalue weighted by Gasteiger charge is -2.15. The smallest absolute Gasteiger partial charge is 0.255 e. The molecule has 1 aliphatic heterocycles. The van der Waals surface area contributed by atoms with Gasteiger partial charge in [-0.25, -0.2) is 4.98 Å². The van der Waals surface area contributed by atoms with Gasteiger partial charge in [-0.05, 0) is 56.6 Å². The molecule has 1 saturated heterocycles. The van der Waals surface area contributed by atoms with Crippen LogP contribution in [-0.2, 0) is 6.54 Å². The Kier molecular flexibility index (Phi) is 5.66. The Bertz CT molecular complexity index is 692. The van der Waals surface area contributed by atoms with Gasteiger partial charge in [0.1, 0.15) is 5.75 Å². The van der Waals surface area contributed by atoms with Crippen molar-refractivity contribution in [2.45, 2.75) is 26.3 Å². The number of carbonyl (C=O) groups excluding carboxylic acids is 1. The van der Waals surface area contributed by atoms with E-state index in [1.54, 1.807) is 30.3 Å². The number of aromatic nitrogens is 1. The Labute approximate surface area is 149 Å². The van der Waals surface area contributed by atoms with Gasteiger partial charge >= 0.3 is 0 Å². The molecule has 0 unspecified atom stereocenters. The van der Waals surface area contributed by atoms with Gasteiger partial charge in [0.2, 0.25) is 5.88 Å². The number of benzene rings is 1. The zero-order valence-electron chi connectivity index (χ0n) is 14.9. The number of likely N-dealkylation sites (tertiary alicyclic amines) is 1. The number of carbonyl (C=O) groups is 1. The second-order valence-electron chi connectivity index (χ2n) is 6.43. The highest BCUT2D eigenvalue weighted by molar-refractivity contribution is 5.93. The lowest BCUT2D eigenvalue weighted by Crippen LogP contribution is -2.26. The summed E-state index contributed by atoms with van der Waals surface area (Å²) >= 11 is 0. The van der Waals surface area contributed by atoms with Gasteiger partial charge in [-0.1, -0.05) is 12.1 Å². The molecule has 0 N–H and O–H groups in total. The minimum absolute atomic E-state index is 0.0344. The van der Waals surface area contributed by atoms with Crippen molar-refractivity contribution in [3.05, 3.63) is 53.7 Å². The van der Waals surface area contributed by atoms with E-state index >= 15 is 0 Å². The second-order valence-corrected chi connectivity index (χ2v) is 6.43. The maximum Gasteiger partial charge on any atom is 0.255 e. The van der Waals surface area contributed by atoms with E-state index in [2.05, 4.69) is 22.0 Å². The van der Waals surface area contributed by atoms with Gasteiger partial charge in [-0.3, -0.25) is 9.69 Å². The van der Waals surface area contributed by atoms with Crippen LogP contribution in [0.3, 0.4) is 0 Å². The maximum absolute atomic E-state index is 12.1.